The Morgan fingerprint density at radius 2 is 2.39 bits per heavy atom. The number of nitrogens with two attached hydrogens (primary N) is 1. The van der Waals surface area contributed by atoms with E-state index in [9.17, 15) is 0 Å². The highest BCUT2D eigenvalue weighted by Gasteiger charge is 2.23. The van der Waals surface area contributed by atoms with Crippen molar-refractivity contribution < 1.29 is 4.52 Å². The van der Waals surface area contributed by atoms with E-state index in [0.717, 1.165) is 12.2 Å². The molecule has 1 fully saturated rings. The van der Waals surface area contributed by atoms with Gasteiger partial charge in [-0.2, -0.15) is 21.8 Å². The van der Waals surface area contributed by atoms with E-state index in [1.807, 2.05) is 11.8 Å². The zero-order valence-electron chi connectivity index (χ0n) is 10.2. The first-order chi connectivity index (χ1) is 8.75. The molecule has 3 heterocycles. The number of nitrogen functional groups attached to an aromatic ring is 1. The molecule has 1 unspecified atom stereocenters. The molecular weight excluding hydrogens is 250 g/mol. The number of aromatic nitrogens is 4. The standard InChI is InChI=1S/C11H15N5OS/c1-16-9(12)7(6-13-16)11-14-10(15-17-11)8-4-2-3-5-18-8/h6,8H,2-5,12H2,1H3. The summed E-state index contributed by atoms with van der Waals surface area (Å²) in [6.07, 6.45) is 5.28. The van der Waals surface area contributed by atoms with E-state index in [0.29, 0.717) is 22.5 Å². The van der Waals surface area contributed by atoms with E-state index in [1.165, 1.54) is 18.6 Å². The van der Waals surface area contributed by atoms with Crippen molar-refractivity contribution in [2.45, 2.75) is 24.5 Å². The minimum absolute atomic E-state index is 0.356. The van der Waals surface area contributed by atoms with E-state index < -0.39 is 0 Å². The molecule has 0 bridgehead atoms. The van der Waals surface area contributed by atoms with Gasteiger partial charge in [0.2, 0.25) is 0 Å². The fourth-order valence-electron chi connectivity index (χ4n) is 2.03. The van der Waals surface area contributed by atoms with Gasteiger partial charge < -0.3 is 10.3 Å². The second-order valence-corrected chi connectivity index (χ2v) is 5.69. The molecule has 1 aliphatic rings. The second-order valence-electron chi connectivity index (χ2n) is 4.38. The van der Waals surface area contributed by atoms with Crippen molar-refractivity contribution in [3.8, 4) is 11.5 Å². The SMILES string of the molecule is Cn1ncc(-c2nc(C3CCCCS3)no2)c1N. The molecule has 2 aromatic heterocycles. The molecule has 0 aromatic carbocycles. The van der Waals surface area contributed by atoms with Gasteiger partial charge in [-0.25, -0.2) is 0 Å². The predicted octanol–water partition coefficient (Wildman–Crippen LogP) is 2.01. The zero-order chi connectivity index (χ0) is 12.5. The molecule has 0 amide bonds. The summed E-state index contributed by atoms with van der Waals surface area (Å²) in [5, 5.41) is 8.50. The fourth-order valence-corrected chi connectivity index (χ4v) is 3.26. The summed E-state index contributed by atoms with van der Waals surface area (Å²) in [6.45, 7) is 0. The van der Waals surface area contributed by atoms with Gasteiger partial charge in [-0.05, 0) is 18.6 Å². The maximum absolute atomic E-state index is 5.89. The topological polar surface area (TPSA) is 82.8 Å². The molecule has 2 aromatic rings. The Bertz CT molecular complexity index is 543. The monoisotopic (exact) mass is 265 g/mol. The van der Waals surface area contributed by atoms with Gasteiger partial charge in [-0.15, -0.1) is 0 Å². The molecule has 3 rings (SSSR count). The summed E-state index contributed by atoms with van der Waals surface area (Å²) in [4.78, 5) is 4.45. The van der Waals surface area contributed by atoms with Crippen LogP contribution in [0.4, 0.5) is 5.82 Å². The summed E-state index contributed by atoms with van der Waals surface area (Å²) in [7, 11) is 1.78. The van der Waals surface area contributed by atoms with Crippen molar-refractivity contribution >= 4 is 17.6 Å². The Morgan fingerprint density at radius 1 is 1.50 bits per heavy atom. The largest absolute Gasteiger partial charge is 0.383 e. The minimum Gasteiger partial charge on any atom is -0.383 e. The molecule has 96 valence electrons. The Labute approximate surface area is 109 Å². The number of nitrogens with zero attached hydrogens (tertiary/aromatic N) is 4. The van der Waals surface area contributed by atoms with Crippen LogP contribution in [0.1, 0.15) is 30.3 Å². The Hall–Kier alpha value is -1.50. The Kier molecular flexibility index (Phi) is 2.99. The van der Waals surface area contributed by atoms with Crippen LogP contribution in [-0.4, -0.2) is 25.7 Å². The molecule has 1 atom stereocenters. The lowest BCUT2D eigenvalue weighted by molar-refractivity contribution is 0.420. The van der Waals surface area contributed by atoms with Crippen molar-refractivity contribution in [2.75, 3.05) is 11.5 Å². The number of thioether (sulfide) groups is 1. The third kappa shape index (κ3) is 1.98. The van der Waals surface area contributed by atoms with Gasteiger partial charge in [0.1, 0.15) is 11.4 Å². The fraction of sp³-hybridized carbons (Fsp3) is 0.545. The quantitative estimate of drug-likeness (QED) is 0.894. The lowest BCUT2D eigenvalue weighted by Gasteiger charge is -2.17. The smallest absolute Gasteiger partial charge is 0.263 e. The van der Waals surface area contributed by atoms with Crippen molar-refractivity contribution in [1.29, 1.82) is 0 Å². The van der Waals surface area contributed by atoms with E-state index in [-0.39, 0.29) is 0 Å². The summed E-state index contributed by atoms with van der Waals surface area (Å²) in [5.41, 5.74) is 6.60. The van der Waals surface area contributed by atoms with E-state index >= 15 is 0 Å². The number of aryl methyl sites for hydroxylation is 1. The summed E-state index contributed by atoms with van der Waals surface area (Å²) < 4.78 is 6.88. The van der Waals surface area contributed by atoms with Crippen LogP contribution >= 0.6 is 11.8 Å². The maximum atomic E-state index is 5.89. The molecule has 2 N–H and O–H groups in total. The van der Waals surface area contributed by atoms with Crippen LogP contribution in [0.2, 0.25) is 0 Å². The average molecular weight is 265 g/mol. The Morgan fingerprint density at radius 3 is 3.06 bits per heavy atom. The molecule has 7 heteroatoms. The van der Waals surface area contributed by atoms with Gasteiger partial charge in [-0.1, -0.05) is 11.6 Å². The molecule has 0 spiro atoms. The third-order valence-corrected chi connectivity index (χ3v) is 4.50. The van der Waals surface area contributed by atoms with Gasteiger partial charge >= 0.3 is 0 Å². The van der Waals surface area contributed by atoms with Gasteiger partial charge in [-0.3, -0.25) is 4.68 Å². The molecule has 0 radical (unpaired) electrons. The van der Waals surface area contributed by atoms with Crippen LogP contribution in [0.15, 0.2) is 10.7 Å². The van der Waals surface area contributed by atoms with E-state index in [4.69, 9.17) is 10.3 Å². The highest BCUT2D eigenvalue weighted by molar-refractivity contribution is 7.99. The van der Waals surface area contributed by atoms with Crippen LogP contribution in [0.5, 0.6) is 0 Å². The predicted molar refractivity (Wildman–Crippen MR) is 70.0 cm³/mol. The number of hydrogen-bond donors (Lipinski definition) is 1. The summed E-state index contributed by atoms with van der Waals surface area (Å²) in [6, 6.07) is 0. The first kappa shape index (κ1) is 11.6. The second kappa shape index (κ2) is 4.64. The highest BCUT2D eigenvalue weighted by atomic mass is 32.2. The molecular formula is C11H15N5OS. The normalized spacial score (nSPS) is 20.2. The molecule has 6 nitrogen and oxygen atoms in total. The van der Waals surface area contributed by atoms with Gasteiger partial charge in [0.25, 0.3) is 5.89 Å². The summed E-state index contributed by atoms with van der Waals surface area (Å²) in [5.74, 6) is 2.95. The lowest BCUT2D eigenvalue weighted by atomic mass is 10.2. The number of rotatable bonds is 2. The lowest BCUT2D eigenvalue weighted by Crippen LogP contribution is -2.03. The molecule has 0 aliphatic carbocycles. The molecule has 1 aliphatic heterocycles. The van der Waals surface area contributed by atoms with Gasteiger partial charge in [0.05, 0.1) is 11.4 Å². The van der Waals surface area contributed by atoms with Gasteiger partial charge in [0, 0.05) is 7.05 Å². The first-order valence-electron chi connectivity index (χ1n) is 5.99. The van der Waals surface area contributed by atoms with Crippen molar-refractivity contribution in [1.82, 2.24) is 19.9 Å². The molecule has 0 saturated carbocycles. The maximum Gasteiger partial charge on any atom is 0.263 e. The van der Waals surface area contributed by atoms with E-state index in [2.05, 4.69) is 15.2 Å². The third-order valence-electron chi connectivity index (χ3n) is 3.12. The van der Waals surface area contributed by atoms with Crippen molar-refractivity contribution in [3.05, 3.63) is 12.0 Å². The zero-order valence-corrected chi connectivity index (χ0v) is 11.0. The Balaban J connectivity index is 1.87. The van der Waals surface area contributed by atoms with E-state index in [1.54, 1.807) is 17.9 Å². The summed E-state index contributed by atoms with van der Waals surface area (Å²) >= 11 is 1.90. The van der Waals surface area contributed by atoms with Crippen LogP contribution in [0, 0.1) is 0 Å². The van der Waals surface area contributed by atoms with Crippen LogP contribution in [0.3, 0.4) is 0 Å². The van der Waals surface area contributed by atoms with Crippen molar-refractivity contribution in [3.63, 3.8) is 0 Å². The average Bonchev–Trinajstić information content (AvgIpc) is 3.00. The molecule has 18 heavy (non-hydrogen) atoms. The number of anilines is 1. The number of hydrogen-bond acceptors (Lipinski definition) is 6. The van der Waals surface area contributed by atoms with Gasteiger partial charge in [0.15, 0.2) is 5.82 Å². The first-order valence-corrected chi connectivity index (χ1v) is 7.03. The van der Waals surface area contributed by atoms with Crippen LogP contribution in [0.25, 0.3) is 11.5 Å². The minimum atomic E-state index is 0.356. The highest BCUT2D eigenvalue weighted by Crippen LogP contribution is 2.37. The van der Waals surface area contributed by atoms with Crippen LogP contribution in [-0.2, 0) is 7.05 Å². The molecule has 1 saturated heterocycles. The van der Waals surface area contributed by atoms with Crippen molar-refractivity contribution in [2.24, 2.45) is 7.05 Å². The van der Waals surface area contributed by atoms with Crippen LogP contribution < -0.4 is 5.73 Å².